The second-order valence-electron chi connectivity index (χ2n) is 3.21. The number of hydrogen-bond donors (Lipinski definition) is 1. The minimum absolute atomic E-state index is 0.718. The molecule has 1 N–H and O–H groups in total. The molecule has 2 nitrogen and oxygen atoms in total. The molecule has 0 aromatic heterocycles. The van der Waals surface area contributed by atoms with Crippen molar-refractivity contribution in [3.05, 3.63) is 0 Å². The predicted molar refractivity (Wildman–Crippen MR) is 36.3 cm³/mol. The molecule has 1 aliphatic heterocycles. The highest BCUT2D eigenvalue weighted by atomic mass is 16.5. The van der Waals surface area contributed by atoms with E-state index in [1.54, 1.807) is 0 Å². The maximum absolute atomic E-state index is 8.98. The van der Waals surface area contributed by atoms with E-state index in [2.05, 4.69) is 13.8 Å². The van der Waals surface area contributed by atoms with Crippen molar-refractivity contribution in [2.75, 3.05) is 13.1 Å². The van der Waals surface area contributed by atoms with Crippen LogP contribution < -0.4 is 0 Å². The van der Waals surface area contributed by atoms with Gasteiger partial charge in [0.05, 0.1) is 0 Å². The zero-order chi connectivity index (χ0) is 6.85. The van der Waals surface area contributed by atoms with Crippen LogP contribution in [0.15, 0.2) is 0 Å². The van der Waals surface area contributed by atoms with Crippen molar-refractivity contribution < 1.29 is 5.21 Å². The summed E-state index contributed by atoms with van der Waals surface area (Å²) in [5.41, 5.74) is 0. The molecule has 0 saturated carbocycles. The average molecular weight is 129 g/mol. The number of nitrogens with zero attached hydrogens (tertiary/aromatic N) is 1. The second kappa shape index (κ2) is 2.67. The van der Waals surface area contributed by atoms with E-state index in [9.17, 15) is 0 Å². The van der Waals surface area contributed by atoms with Gasteiger partial charge in [-0.3, -0.25) is 0 Å². The molecular weight excluding hydrogens is 114 g/mol. The van der Waals surface area contributed by atoms with Crippen molar-refractivity contribution in [3.63, 3.8) is 0 Å². The Morgan fingerprint density at radius 1 is 1.56 bits per heavy atom. The molecule has 1 atom stereocenters. The first-order valence-corrected chi connectivity index (χ1v) is 3.64. The van der Waals surface area contributed by atoms with Gasteiger partial charge < -0.3 is 5.21 Å². The molecule has 0 spiro atoms. The van der Waals surface area contributed by atoms with Crippen LogP contribution in [0.2, 0.25) is 0 Å². The maximum atomic E-state index is 8.98. The van der Waals surface area contributed by atoms with Gasteiger partial charge in [0.2, 0.25) is 0 Å². The standard InChI is InChI=1S/C7H15NO/c1-6(2)7-3-4-8(9)5-7/h6-7,9H,3-5H2,1-2H3. The van der Waals surface area contributed by atoms with Gasteiger partial charge in [0.15, 0.2) is 0 Å². The van der Waals surface area contributed by atoms with Gasteiger partial charge in [0.1, 0.15) is 0 Å². The third-order valence-corrected chi connectivity index (χ3v) is 2.15. The molecule has 1 unspecified atom stereocenters. The molecule has 1 saturated heterocycles. The molecule has 9 heavy (non-hydrogen) atoms. The molecule has 54 valence electrons. The van der Waals surface area contributed by atoms with E-state index in [1.807, 2.05) is 0 Å². The Balaban J connectivity index is 2.30. The van der Waals surface area contributed by atoms with Gasteiger partial charge >= 0.3 is 0 Å². The largest absolute Gasteiger partial charge is 0.314 e. The summed E-state index contributed by atoms with van der Waals surface area (Å²) < 4.78 is 0. The van der Waals surface area contributed by atoms with Crippen LogP contribution >= 0.6 is 0 Å². The van der Waals surface area contributed by atoms with Gasteiger partial charge in [-0.15, -0.1) is 0 Å². The third-order valence-electron chi connectivity index (χ3n) is 2.15. The van der Waals surface area contributed by atoms with E-state index in [1.165, 1.54) is 5.06 Å². The van der Waals surface area contributed by atoms with Gasteiger partial charge in [0.25, 0.3) is 0 Å². The topological polar surface area (TPSA) is 23.5 Å². The molecule has 1 aliphatic rings. The molecule has 2 heteroatoms. The molecule has 0 aromatic carbocycles. The van der Waals surface area contributed by atoms with Gasteiger partial charge in [-0.1, -0.05) is 13.8 Å². The predicted octanol–water partition coefficient (Wildman–Crippen LogP) is 1.35. The van der Waals surface area contributed by atoms with Crippen LogP contribution in [-0.2, 0) is 0 Å². The van der Waals surface area contributed by atoms with Crippen LogP contribution in [0.25, 0.3) is 0 Å². The van der Waals surface area contributed by atoms with Crippen molar-refractivity contribution in [3.8, 4) is 0 Å². The molecular formula is C7H15NO. The second-order valence-corrected chi connectivity index (χ2v) is 3.21. The summed E-state index contributed by atoms with van der Waals surface area (Å²) in [6.45, 7) is 6.16. The molecule has 0 aliphatic carbocycles. The summed E-state index contributed by atoms with van der Waals surface area (Å²) in [7, 11) is 0. The Kier molecular flexibility index (Phi) is 2.09. The van der Waals surface area contributed by atoms with E-state index < -0.39 is 0 Å². The smallest absolute Gasteiger partial charge is 0.0269 e. The van der Waals surface area contributed by atoms with E-state index >= 15 is 0 Å². The molecule has 1 fully saturated rings. The Bertz CT molecular complexity index is 92.9. The first kappa shape index (κ1) is 7.03. The highest BCUT2D eigenvalue weighted by Crippen LogP contribution is 2.21. The zero-order valence-corrected chi connectivity index (χ0v) is 6.17. The summed E-state index contributed by atoms with van der Waals surface area (Å²) in [5, 5.41) is 10.4. The molecule has 0 radical (unpaired) electrons. The summed E-state index contributed by atoms with van der Waals surface area (Å²) in [5.74, 6) is 1.44. The summed E-state index contributed by atoms with van der Waals surface area (Å²) in [4.78, 5) is 0. The van der Waals surface area contributed by atoms with E-state index in [4.69, 9.17) is 5.21 Å². The van der Waals surface area contributed by atoms with Crippen LogP contribution in [0.3, 0.4) is 0 Å². The summed E-state index contributed by atoms with van der Waals surface area (Å²) in [6.07, 6.45) is 1.16. The summed E-state index contributed by atoms with van der Waals surface area (Å²) in [6, 6.07) is 0. The van der Waals surface area contributed by atoms with E-state index in [-0.39, 0.29) is 0 Å². The number of rotatable bonds is 1. The first-order valence-electron chi connectivity index (χ1n) is 3.64. The van der Waals surface area contributed by atoms with Crippen molar-refractivity contribution >= 4 is 0 Å². The Labute approximate surface area is 56.4 Å². The quantitative estimate of drug-likeness (QED) is 0.577. The van der Waals surface area contributed by atoms with Crippen LogP contribution in [0, 0.1) is 11.8 Å². The first-order chi connectivity index (χ1) is 4.20. The van der Waals surface area contributed by atoms with Crippen molar-refractivity contribution in [2.24, 2.45) is 11.8 Å². The van der Waals surface area contributed by atoms with Crippen molar-refractivity contribution in [1.29, 1.82) is 0 Å². The maximum Gasteiger partial charge on any atom is 0.0269 e. The normalized spacial score (nSPS) is 30.0. The zero-order valence-electron chi connectivity index (χ0n) is 6.17. The van der Waals surface area contributed by atoms with Gasteiger partial charge in [-0.2, -0.15) is 5.06 Å². The van der Waals surface area contributed by atoms with Gasteiger partial charge in [-0.25, -0.2) is 0 Å². The van der Waals surface area contributed by atoms with Crippen LogP contribution in [0.4, 0.5) is 0 Å². The third kappa shape index (κ3) is 1.66. The molecule has 0 aromatic rings. The Morgan fingerprint density at radius 3 is 2.44 bits per heavy atom. The SMILES string of the molecule is CC(C)C1CCN(O)C1. The average Bonchev–Trinajstić information content (AvgIpc) is 2.14. The van der Waals surface area contributed by atoms with Gasteiger partial charge in [-0.05, 0) is 18.3 Å². The molecule has 0 amide bonds. The minimum atomic E-state index is 0.718. The lowest BCUT2D eigenvalue weighted by atomic mass is 9.96. The van der Waals surface area contributed by atoms with E-state index in [0.717, 1.165) is 31.3 Å². The van der Waals surface area contributed by atoms with Crippen molar-refractivity contribution in [1.82, 2.24) is 5.06 Å². The lowest BCUT2D eigenvalue weighted by Crippen LogP contribution is -2.17. The highest BCUT2D eigenvalue weighted by molar-refractivity contribution is 4.72. The Morgan fingerprint density at radius 2 is 2.22 bits per heavy atom. The van der Waals surface area contributed by atoms with Crippen LogP contribution in [0.1, 0.15) is 20.3 Å². The van der Waals surface area contributed by atoms with Crippen LogP contribution in [-0.4, -0.2) is 23.4 Å². The fourth-order valence-corrected chi connectivity index (χ4v) is 1.31. The van der Waals surface area contributed by atoms with E-state index in [0.29, 0.717) is 0 Å². The fraction of sp³-hybridized carbons (Fsp3) is 1.00. The minimum Gasteiger partial charge on any atom is -0.314 e. The fourth-order valence-electron chi connectivity index (χ4n) is 1.31. The number of hydrogen-bond acceptors (Lipinski definition) is 2. The van der Waals surface area contributed by atoms with Gasteiger partial charge in [0, 0.05) is 13.1 Å². The van der Waals surface area contributed by atoms with Crippen molar-refractivity contribution in [2.45, 2.75) is 20.3 Å². The number of hydroxylamine groups is 2. The lowest BCUT2D eigenvalue weighted by molar-refractivity contribution is -0.0726. The molecule has 1 rings (SSSR count). The summed E-state index contributed by atoms with van der Waals surface area (Å²) >= 11 is 0. The van der Waals surface area contributed by atoms with Crippen LogP contribution in [0.5, 0.6) is 0 Å². The lowest BCUT2D eigenvalue weighted by Gasteiger charge is -2.12. The molecule has 0 bridgehead atoms. The molecule has 1 heterocycles. The Hall–Kier alpha value is -0.0800. The monoisotopic (exact) mass is 129 g/mol. The highest BCUT2D eigenvalue weighted by Gasteiger charge is 2.22.